The lowest BCUT2D eigenvalue weighted by molar-refractivity contribution is -0.116. The van der Waals surface area contributed by atoms with Gasteiger partial charge in [0.15, 0.2) is 0 Å². The number of hydrogen-bond acceptors (Lipinski definition) is 4. The number of aliphatic hydroxyl groups is 3. The Morgan fingerprint density at radius 2 is 1.94 bits per heavy atom. The van der Waals surface area contributed by atoms with E-state index in [2.05, 4.69) is 0 Å². The Bertz CT molecular complexity index is 375. The maximum atomic E-state index is 11.1. The van der Waals surface area contributed by atoms with Crippen LogP contribution < -0.4 is 0 Å². The van der Waals surface area contributed by atoms with Crippen LogP contribution in [0.5, 0.6) is 0 Å². The van der Waals surface area contributed by atoms with Crippen molar-refractivity contribution in [2.24, 2.45) is 0 Å². The van der Waals surface area contributed by atoms with Crippen molar-refractivity contribution in [1.29, 1.82) is 0 Å². The van der Waals surface area contributed by atoms with E-state index >= 15 is 0 Å². The first-order chi connectivity index (χ1) is 8.06. The lowest BCUT2D eigenvalue weighted by Crippen LogP contribution is -2.21. The Kier molecular flexibility index (Phi) is 5.28. The fraction of sp³-hybridized carbons (Fsp3) is 0.462. The standard InChI is InChI=1S/C13H18O4/c1-9(15)8-10-4-2-3-5-11(10)13(17)12(16)6-7-14/h2-5,12-14,16-17H,6-8H2,1H3. The first kappa shape index (κ1) is 13.8. The van der Waals surface area contributed by atoms with Crippen molar-refractivity contribution in [2.75, 3.05) is 6.61 Å². The van der Waals surface area contributed by atoms with E-state index < -0.39 is 12.2 Å². The number of carbonyl (C=O) groups is 1. The molecule has 0 aliphatic heterocycles. The molecule has 94 valence electrons. The van der Waals surface area contributed by atoms with E-state index in [0.29, 0.717) is 11.1 Å². The third-order valence-electron chi connectivity index (χ3n) is 2.60. The molecule has 0 spiro atoms. The molecule has 0 amide bonds. The van der Waals surface area contributed by atoms with Crippen molar-refractivity contribution >= 4 is 5.78 Å². The highest BCUT2D eigenvalue weighted by molar-refractivity contribution is 5.78. The normalized spacial score (nSPS) is 14.4. The minimum Gasteiger partial charge on any atom is -0.396 e. The topological polar surface area (TPSA) is 77.8 Å². The average molecular weight is 238 g/mol. The van der Waals surface area contributed by atoms with Crippen molar-refractivity contribution in [3.05, 3.63) is 35.4 Å². The summed E-state index contributed by atoms with van der Waals surface area (Å²) in [5.74, 6) is 0.00120. The largest absolute Gasteiger partial charge is 0.396 e. The first-order valence-corrected chi connectivity index (χ1v) is 5.60. The predicted octanol–water partition coefficient (Wildman–Crippen LogP) is 0.595. The summed E-state index contributed by atoms with van der Waals surface area (Å²) in [6.45, 7) is 1.29. The SMILES string of the molecule is CC(=O)Cc1ccccc1C(O)C(O)CCO. The molecule has 1 rings (SSSR count). The monoisotopic (exact) mass is 238 g/mol. The lowest BCUT2D eigenvalue weighted by atomic mass is 9.95. The molecule has 0 saturated heterocycles. The fourth-order valence-electron chi connectivity index (χ4n) is 1.75. The van der Waals surface area contributed by atoms with E-state index in [0.717, 1.165) is 0 Å². The number of rotatable bonds is 6. The molecule has 4 heteroatoms. The molecule has 0 fully saturated rings. The van der Waals surface area contributed by atoms with Crippen LogP contribution in [-0.4, -0.2) is 33.8 Å². The van der Waals surface area contributed by atoms with Crippen LogP contribution in [0.15, 0.2) is 24.3 Å². The number of aliphatic hydroxyl groups excluding tert-OH is 3. The van der Waals surface area contributed by atoms with E-state index in [-0.39, 0.29) is 25.2 Å². The second kappa shape index (κ2) is 6.49. The summed E-state index contributed by atoms with van der Waals surface area (Å²) in [4.78, 5) is 11.1. The number of ketones is 1. The van der Waals surface area contributed by atoms with E-state index in [1.807, 2.05) is 0 Å². The number of carbonyl (C=O) groups excluding carboxylic acids is 1. The van der Waals surface area contributed by atoms with Crippen LogP contribution in [0.1, 0.15) is 30.6 Å². The summed E-state index contributed by atoms with van der Waals surface area (Å²) in [6.07, 6.45) is -1.75. The fourth-order valence-corrected chi connectivity index (χ4v) is 1.75. The molecule has 0 bridgehead atoms. The van der Waals surface area contributed by atoms with Crippen LogP contribution in [0.25, 0.3) is 0 Å². The lowest BCUT2D eigenvalue weighted by Gasteiger charge is -2.19. The molecule has 0 aliphatic rings. The van der Waals surface area contributed by atoms with Gasteiger partial charge in [0.2, 0.25) is 0 Å². The van der Waals surface area contributed by atoms with Gasteiger partial charge in [-0.05, 0) is 24.5 Å². The van der Waals surface area contributed by atoms with Crippen LogP contribution in [-0.2, 0) is 11.2 Å². The molecule has 3 N–H and O–H groups in total. The number of benzene rings is 1. The van der Waals surface area contributed by atoms with Gasteiger partial charge in [-0.25, -0.2) is 0 Å². The van der Waals surface area contributed by atoms with Crippen LogP contribution in [0, 0.1) is 0 Å². The van der Waals surface area contributed by atoms with Gasteiger partial charge in [0, 0.05) is 13.0 Å². The van der Waals surface area contributed by atoms with Gasteiger partial charge in [-0.2, -0.15) is 0 Å². The average Bonchev–Trinajstić information content (AvgIpc) is 2.28. The number of hydrogen-bond donors (Lipinski definition) is 3. The molecule has 1 aromatic carbocycles. The summed E-state index contributed by atoms with van der Waals surface area (Å²) in [7, 11) is 0. The molecule has 1 aromatic rings. The smallest absolute Gasteiger partial charge is 0.134 e. The van der Waals surface area contributed by atoms with Gasteiger partial charge in [0.25, 0.3) is 0 Å². The molecular weight excluding hydrogens is 220 g/mol. The Balaban J connectivity index is 2.91. The summed E-state index contributed by atoms with van der Waals surface area (Å²) in [6, 6.07) is 6.97. The quantitative estimate of drug-likeness (QED) is 0.678. The van der Waals surface area contributed by atoms with Crippen molar-refractivity contribution in [1.82, 2.24) is 0 Å². The molecule has 2 unspecified atom stereocenters. The highest BCUT2D eigenvalue weighted by Crippen LogP contribution is 2.23. The summed E-state index contributed by atoms with van der Waals surface area (Å²) < 4.78 is 0. The molecule has 0 radical (unpaired) electrons. The molecule has 4 nitrogen and oxygen atoms in total. The van der Waals surface area contributed by atoms with Crippen molar-refractivity contribution in [3.8, 4) is 0 Å². The van der Waals surface area contributed by atoms with Crippen molar-refractivity contribution < 1.29 is 20.1 Å². The van der Waals surface area contributed by atoms with Gasteiger partial charge >= 0.3 is 0 Å². The van der Waals surface area contributed by atoms with Gasteiger partial charge in [0.05, 0.1) is 6.10 Å². The van der Waals surface area contributed by atoms with E-state index in [1.165, 1.54) is 6.92 Å². The molecule has 0 heterocycles. The first-order valence-electron chi connectivity index (χ1n) is 5.60. The molecule has 2 atom stereocenters. The predicted molar refractivity (Wildman–Crippen MR) is 63.5 cm³/mol. The van der Waals surface area contributed by atoms with Crippen LogP contribution in [0.3, 0.4) is 0 Å². The van der Waals surface area contributed by atoms with Crippen molar-refractivity contribution in [3.63, 3.8) is 0 Å². The molecular formula is C13H18O4. The van der Waals surface area contributed by atoms with E-state index in [9.17, 15) is 15.0 Å². The van der Waals surface area contributed by atoms with E-state index in [1.54, 1.807) is 24.3 Å². The van der Waals surface area contributed by atoms with Gasteiger partial charge in [-0.3, -0.25) is 4.79 Å². The highest BCUT2D eigenvalue weighted by Gasteiger charge is 2.20. The van der Waals surface area contributed by atoms with Gasteiger partial charge in [-0.1, -0.05) is 24.3 Å². The zero-order chi connectivity index (χ0) is 12.8. The Hall–Kier alpha value is -1.23. The van der Waals surface area contributed by atoms with Gasteiger partial charge in [-0.15, -0.1) is 0 Å². The Morgan fingerprint density at radius 1 is 1.29 bits per heavy atom. The second-order valence-electron chi connectivity index (χ2n) is 4.10. The molecule has 0 aliphatic carbocycles. The van der Waals surface area contributed by atoms with E-state index in [4.69, 9.17) is 5.11 Å². The van der Waals surface area contributed by atoms with Crippen molar-refractivity contribution in [2.45, 2.75) is 32.0 Å². The maximum absolute atomic E-state index is 11.1. The Morgan fingerprint density at radius 3 is 2.53 bits per heavy atom. The minimum absolute atomic E-state index is 0.00120. The molecule has 0 aromatic heterocycles. The summed E-state index contributed by atoms with van der Waals surface area (Å²) in [5.41, 5.74) is 1.26. The Labute approximate surface area is 101 Å². The maximum Gasteiger partial charge on any atom is 0.134 e. The molecule has 0 saturated carbocycles. The summed E-state index contributed by atoms with van der Waals surface area (Å²) >= 11 is 0. The van der Waals surface area contributed by atoms with Crippen LogP contribution in [0.2, 0.25) is 0 Å². The van der Waals surface area contributed by atoms with Gasteiger partial charge < -0.3 is 15.3 Å². The zero-order valence-corrected chi connectivity index (χ0v) is 9.84. The van der Waals surface area contributed by atoms with Crippen LogP contribution >= 0.6 is 0 Å². The number of Topliss-reactive ketones (excluding diaryl/α,β-unsaturated/α-hetero) is 1. The minimum atomic E-state index is -1.07. The second-order valence-corrected chi connectivity index (χ2v) is 4.10. The summed E-state index contributed by atoms with van der Waals surface area (Å²) in [5, 5.41) is 28.3. The highest BCUT2D eigenvalue weighted by atomic mass is 16.3. The third kappa shape index (κ3) is 3.93. The van der Waals surface area contributed by atoms with Gasteiger partial charge in [0.1, 0.15) is 11.9 Å². The molecule has 17 heavy (non-hydrogen) atoms. The zero-order valence-electron chi connectivity index (χ0n) is 9.84. The third-order valence-corrected chi connectivity index (χ3v) is 2.60. The van der Waals surface area contributed by atoms with Crippen LogP contribution in [0.4, 0.5) is 0 Å².